The Hall–Kier alpha value is -3.29. The fourth-order valence-electron chi connectivity index (χ4n) is 2.76. The van der Waals surface area contributed by atoms with Gasteiger partial charge in [0.05, 0.1) is 17.6 Å². The third kappa shape index (κ3) is 2.61. The number of anilines is 1. The number of nitrogens with one attached hydrogen (secondary N) is 1. The Balaban J connectivity index is 1.67. The second-order valence-electron chi connectivity index (χ2n) is 6.13. The molecular weight excluding hydrogens is 318 g/mol. The minimum Gasteiger partial charge on any atom is -0.320 e. The number of hydrogen-bond donors (Lipinski definition) is 1. The molecule has 3 aromatic heterocycles. The molecule has 0 fully saturated rings. The predicted molar refractivity (Wildman–Crippen MR) is 94.4 cm³/mol. The molecule has 0 unspecified atom stereocenters. The number of aryl methyl sites for hydroxylation is 1. The van der Waals surface area contributed by atoms with Crippen molar-refractivity contribution in [1.29, 1.82) is 0 Å². The van der Waals surface area contributed by atoms with Gasteiger partial charge in [-0.1, -0.05) is 6.07 Å². The van der Waals surface area contributed by atoms with Gasteiger partial charge >= 0.3 is 0 Å². The van der Waals surface area contributed by atoms with Crippen molar-refractivity contribution in [3.8, 4) is 0 Å². The zero-order chi connectivity index (χ0) is 17.6. The lowest BCUT2D eigenvalue weighted by atomic mass is 10.2. The minimum atomic E-state index is -0.258. The molecule has 126 valence electrons. The maximum atomic E-state index is 12.6. The molecule has 0 saturated heterocycles. The highest BCUT2D eigenvalue weighted by Crippen LogP contribution is 2.21. The van der Waals surface area contributed by atoms with Crippen molar-refractivity contribution < 1.29 is 4.79 Å². The monoisotopic (exact) mass is 335 g/mol. The smallest absolute Gasteiger partial charge is 0.257 e. The Bertz CT molecular complexity index is 1090. The standard InChI is InChI=1S/C17H17N7O/c1-10(2)24-9-19-14-7-11(8-18-16(14)24)17(25)20-12-5-4-6-13-15(12)22-23(3)21-13/h4-10H,1-3H3,(H,20,25). The summed E-state index contributed by atoms with van der Waals surface area (Å²) in [5, 5.41) is 11.4. The molecule has 0 radical (unpaired) electrons. The topological polar surface area (TPSA) is 90.5 Å². The van der Waals surface area contributed by atoms with Gasteiger partial charge in [-0.05, 0) is 32.0 Å². The highest BCUT2D eigenvalue weighted by Gasteiger charge is 2.14. The summed E-state index contributed by atoms with van der Waals surface area (Å²) in [7, 11) is 1.74. The number of benzene rings is 1. The molecule has 8 heteroatoms. The summed E-state index contributed by atoms with van der Waals surface area (Å²) in [6, 6.07) is 7.48. The summed E-state index contributed by atoms with van der Waals surface area (Å²) in [6.45, 7) is 4.12. The van der Waals surface area contributed by atoms with Crippen molar-refractivity contribution in [2.45, 2.75) is 19.9 Å². The quantitative estimate of drug-likeness (QED) is 0.621. The van der Waals surface area contributed by atoms with Crippen LogP contribution in [0, 0.1) is 0 Å². The summed E-state index contributed by atoms with van der Waals surface area (Å²) < 4.78 is 1.97. The molecule has 4 aromatic rings. The number of nitrogens with zero attached hydrogens (tertiary/aromatic N) is 6. The van der Waals surface area contributed by atoms with Crippen LogP contribution in [-0.4, -0.2) is 35.4 Å². The Morgan fingerprint density at radius 3 is 2.80 bits per heavy atom. The first-order chi connectivity index (χ1) is 12.0. The van der Waals surface area contributed by atoms with Gasteiger partial charge in [0, 0.05) is 19.3 Å². The highest BCUT2D eigenvalue weighted by atomic mass is 16.1. The number of pyridine rings is 1. The number of carbonyl (C=O) groups is 1. The van der Waals surface area contributed by atoms with Crippen molar-refractivity contribution in [2.24, 2.45) is 7.05 Å². The van der Waals surface area contributed by atoms with Gasteiger partial charge in [-0.25, -0.2) is 9.97 Å². The van der Waals surface area contributed by atoms with E-state index in [-0.39, 0.29) is 11.9 Å². The molecule has 0 aliphatic rings. The van der Waals surface area contributed by atoms with Crippen LogP contribution in [0.5, 0.6) is 0 Å². The van der Waals surface area contributed by atoms with Crippen LogP contribution in [0.2, 0.25) is 0 Å². The fraction of sp³-hybridized carbons (Fsp3) is 0.235. The van der Waals surface area contributed by atoms with Crippen LogP contribution < -0.4 is 5.32 Å². The van der Waals surface area contributed by atoms with E-state index in [0.717, 1.165) is 11.2 Å². The summed E-state index contributed by atoms with van der Waals surface area (Å²) in [5.74, 6) is -0.258. The number of carbonyl (C=O) groups excluding carboxylic acids is 1. The summed E-state index contributed by atoms with van der Waals surface area (Å²) in [4.78, 5) is 22.8. The lowest BCUT2D eigenvalue weighted by Gasteiger charge is -2.08. The Morgan fingerprint density at radius 1 is 1.16 bits per heavy atom. The molecule has 8 nitrogen and oxygen atoms in total. The van der Waals surface area contributed by atoms with E-state index in [9.17, 15) is 4.79 Å². The number of aromatic nitrogens is 6. The van der Waals surface area contributed by atoms with E-state index in [1.807, 2.05) is 16.7 Å². The zero-order valence-electron chi connectivity index (χ0n) is 14.1. The third-order valence-corrected chi connectivity index (χ3v) is 3.99. The maximum Gasteiger partial charge on any atom is 0.257 e. The van der Waals surface area contributed by atoms with Crippen LogP contribution in [0.3, 0.4) is 0 Å². The molecule has 1 amide bonds. The van der Waals surface area contributed by atoms with Crippen LogP contribution in [0.15, 0.2) is 36.8 Å². The van der Waals surface area contributed by atoms with Crippen molar-refractivity contribution in [1.82, 2.24) is 29.5 Å². The zero-order valence-corrected chi connectivity index (χ0v) is 14.1. The van der Waals surface area contributed by atoms with E-state index in [4.69, 9.17) is 0 Å². The molecule has 0 saturated carbocycles. The first-order valence-electron chi connectivity index (χ1n) is 7.97. The fourth-order valence-corrected chi connectivity index (χ4v) is 2.76. The van der Waals surface area contributed by atoms with Gasteiger partial charge in [0.15, 0.2) is 5.65 Å². The Labute approximate surface area is 143 Å². The number of imidazole rings is 1. The van der Waals surface area contributed by atoms with Crippen molar-refractivity contribution in [3.05, 3.63) is 42.4 Å². The summed E-state index contributed by atoms with van der Waals surface area (Å²) >= 11 is 0. The van der Waals surface area contributed by atoms with Crippen LogP contribution in [0.25, 0.3) is 22.2 Å². The summed E-state index contributed by atoms with van der Waals surface area (Å²) in [5.41, 5.74) is 3.90. The lowest BCUT2D eigenvalue weighted by molar-refractivity contribution is 0.102. The molecule has 3 heterocycles. The van der Waals surface area contributed by atoms with Crippen molar-refractivity contribution in [2.75, 3.05) is 5.32 Å². The second kappa shape index (κ2) is 5.66. The van der Waals surface area contributed by atoms with Gasteiger partial charge in [-0.3, -0.25) is 4.79 Å². The highest BCUT2D eigenvalue weighted by molar-refractivity contribution is 6.08. The number of fused-ring (bicyclic) bond motifs is 2. The Morgan fingerprint density at radius 2 is 2.00 bits per heavy atom. The average Bonchev–Trinajstić information content (AvgIpc) is 3.17. The van der Waals surface area contributed by atoms with Crippen LogP contribution in [0.1, 0.15) is 30.2 Å². The SMILES string of the molecule is CC(C)n1cnc2cc(C(=O)Nc3cccc4nn(C)nc34)cnc21. The van der Waals surface area contributed by atoms with Gasteiger partial charge < -0.3 is 9.88 Å². The lowest BCUT2D eigenvalue weighted by Crippen LogP contribution is -2.13. The normalized spacial score (nSPS) is 11.5. The van der Waals surface area contributed by atoms with Gasteiger partial charge in [-0.2, -0.15) is 15.0 Å². The molecule has 4 rings (SSSR count). The molecule has 0 spiro atoms. The van der Waals surface area contributed by atoms with E-state index < -0.39 is 0 Å². The van der Waals surface area contributed by atoms with Crippen LogP contribution >= 0.6 is 0 Å². The van der Waals surface area contributed by atoms with Gasteiger partial charge in [0.2, 0.25) is 0 Å². The van der Waals surface area contributed by atoms with Gasteiger partial charge in [0.25, 0.3) is 5.91 Å². The molecule has 0 aliphatic heterocycles. The van der Waals surface area contributed by atoms with E-state index in [2.05, 4.69) is 39.3 Å². The average molecular weight is 335 g/mol. The molecular formula is C17H17N7O. The van der Waals surface area contributed by atoms with Gasteiger partial charge in [-0.15, -0.1) is 0 Å². The molecule has 0 atom stereocenters. The molecule has 1 aromatic carbocycles. The van der Waals surface area contributed by atoms with E-state index >= 15 is 0 Å². The second-order valence-corrected chi connectivity index (χ2v) is 6.13. The van der Waals surface area contributed by atoms with Crippen LogP contribution in [-0.2, 0) is 7.05 Å². The summed E-state index contributed by atoms with van der Waals surface area (Å²) in [6.07, 6.45) is 3.30. The first-order valence-corrected chi connectivity index (χ1v) is 7.97. The van der Waals surface area contributed by atoms with Gasteiger partial charge in [0.1, 0.15) is 16.6 Å². The third-order valence-electron chi connectivity index (χ3n) is 3.99. The van der Waals surface area contributed by atoms with Crippen LogP contribution in [0.4, 0.5) is 5.69 Å². The molecule has 0 bridgehead atoms. The van der Waals surface area contributed by atoms with E-state index in [1.165, 1.54) is 4.80 Å². The van der Waals surface area contributed by atoms with E-state index in [1.54, 1.807) is 31.7 Å². The maximum absolute atomic E-state index is 12.6. The molecule has 1 N–H and O–H groups in total. The molecule has 0 aliphatic carbocycles. The predicted octanol–water partition coefficient (Wildman–Crippen LogP) is 2.55. The largest absolute Gasteiger partial charge is 0.320 e. The van der Waals surface area contributed by atoms with E-state index in [0.29, 0.717) is 22.3 Å². The number of amides is 1. The minimum absolute atomic E-state index is 0.256. The molecule has 25 heavy (non-hydrogen) atoms. The van der Waals surface area contributed by atoms with Crippen molar-refractivity contribution in [3.63, 3.8) is 0 Å². The number of hydrogen-bond acceptors (Lipinski definition) is 5. The Kier molecular flexibility index (Phi) is 3.45. The first kappa shape index (κ1) is 15.3. The van der Waals surface area contributed by atoms with Crippen molar-refractivity contribution >= 4 is 33.8 Å². The number of rotatable bonds is 3.